The van der Waals surface area contributed by atoms with Gasteiger partial charge in [0.1, 0.15) is 0 Å². The van der Waals surface area contributed by atoms with E-state index in [1.807, 2.05) is 7.05 Å². The molecule has 0 amide bonds. The van der Waals surface area contributed by atoms with Crippen LogP contribution in [-0.2, 0) is 0 Å². The van der Waals surface area contributed by atoms with Crippen LogP contribution in [0.25, 0.3) is 0 Å². The first-order valence-electron chi connectivity index (χ1n) is 7.00. The number of hydrogen-bond donors (Lipinski definition) is 3. The molecule has 0 radical (unpaired) electrons. The van der Waals surface area contributed by atoms with Crippen molar-refractivity contribution in [1.82, 2.24) is 20.9 Å². The van der Waals surface area contributed by atoms with Gasteiger partial charge >= 0.3 is 0 Å². The quantitative estimate of drug-likeness (QED) is 0.710. The zero-order valence-electron chi connectivity index (χ0n) is 11.7. The van der Waals surface area contributed by atoms with Gasteiger partial charge in [-0.1, -0.05) is 26.0 Å². The molecule has 0 saturated carbocycles. The van der Waals surface area contributed by atoms with Crippen LogP contribution >= 0.6 is 0 Å². The van der Waals surface area contributed by atoms with Crippen molar-refractivity contribution in [3.63, 3.8) is 0 Å². The molecule has 1 heterocycles. The normalized spacial score (nSPS) is 22.9. The van der Waals surface area contributed by atoms with Gasteiger partial charge in [0.2, 0.25) is 0 Å². The number of nitrogens with zero attached hydrogens (tertiary/aromatic N) is 1. The Morgan fingerprint density at radius 3 is 2.78 bits per heavy atom. The van der Waals surface area contributed by atoms with Gasteiger partial charge < -0.3 is 20.9 Å². The van der Waals surface area contributed by atoms with Gasteiger partial charge in [0.15, 0.2) is 0 Å². The summed E-state index contributed by atoms with van der Waals surface area (Å²) in [5, 5.41) is 9.97. The Morgan fingerprint density at radius 1 is 1.28 bits per heavy atom. The van der Waals surface area contributed by atoms with E-state index in [-0.39, 0.29) is 0 Å². The van der Waals surface area contributed by atoms with Crippen molar-refractivity contribution in [1.29, 1.82) is 0 Å². The molecule has 0 aliphatic carbocycles. The van der Waals surface area contributed by atoms with E-state index in [1.165, 1.54) is 25.7 Å². The smallest absolute Gasteiger partial charge is 0.0978 e. The van der Waals surface area contributed by atoms with E-state index in [0.717, 1.165) is 31.9 Å². The molecule has 1 aliphatic heterocycles. The van der Waals surface area contributed by atoms with Crippen LogP contribution in [0.3, 0.4) is 0 Å². The summed E-state index contributed by atoms with van der Waals surface area (Å²) in [5.41, 5.74) is 0. The standard InChI is InChI=1S/C14H28N4/c1-4-16-13(2)18-11-7-5-6-9-14(15-3)17-10-8-12-18/h4,14-17H,1-2,5-12H2,3H3. The summed E-state index contributed by atoms with van der Waals surface area (Å²) >= 11 is 0. The predicted octanol–water partition coefficient (Wildman–Crippen LogP) is 1.59. The molecule has 0 aromatic rings. The van der Waals surface area contributed by atoms with Crippen LogP contribution in [0.5, 0.6) is 0 Å². The highest BCUT2D eigenvalue weighted by molar-refractivity contribution is 4.95. The lowest BCUT2D eigenvalue weighted by atomic mass is 10.1. The van der Waals surface area contributed by atoms with Gasteiger partial charge in [0.25, 0.3) is 0 Å². The van der Waals surface area contributed by atoms with E-state index >= 15 is 0 Å². The van der Waals surface area contributed by atoms with Crippen LogP contribution in [0, 0.1) is 0 Å². The molecular formula is C14H28N4. The fourth-order valence-corrected chi connectivity index (χ4v) is 2.31. The molecule has 1 saturated heterocycles. The second-order valence-corrected chi connectivity index (χ2v) is 4.78. The highest BCUT2D eigenvalue weighted by atomic mass is 15.2. The Bertz CT molecular complexity index is 252. The monoisotopic (exact) mass is 252 g/mol. The summed E-state index contributed by atoms with van der Waals surface area (Å²) in [6.45, 7) is 10.9. The molecule has 18 heavy (non-hydrogen) atoms. The van der Waals surface area contributed by atoms with Crippen molar-refractivity contribution in [2.24, 2.45) is 0 Å². The van der Waals surface area contributed by atoms with Gasteiger partial charge in [-0.2, -0.15) is 0 Å². The summed E-state index contributed by atoms with van der Waals surface area (Å²) in [7, 11) is 2.03. The molecule has 4 nitrogen and oxygen atoms in total. The maximum atomic E-state index is 4.06. The minimum atomic E-state index is 0.464. The van der Waals surface area contributed by atoms with Crippen LogP contribution in [0.1, 0.15) is 32.1 Å². The third-order valence-corrected chi connectivity index (χ3v) is 3.42. The van der Waals surface area contributed by atoms with Crippen molar-refractivity contribution < 1.29 is 0 Å². The Labute approximate surface area is 112 Å². The number of rotatable bonds is 4. The van der Waals surface area contributed by atoms with Crippen LogP contribution in [0.15, 0.2) is 25.2 Å². The molecule has 0 spiro atoms. The average Bonchev–Trinajstić information content (AvgIpc) is 2.42. The van der Waals surface area contributed by atoms with Crippen LogP contribution in [-0.4, -0.2) is 37.7 Å². The third kappa shape index (κ3) is 5.56. The molecule has 3 N–H and O–H groups in total. The van der Waals surface area contributed by atoms with Crippen LogP contribution < -0.4 is 16.0 Å². The van der Waals surface area contributed by atoms with Gasteiger partial charge in [-0.3, -0.25) is 0 Å². The predicted molar refractivity (Wildman–Crippen MR) is 78.0 cm³/mol. The van der Waals surface area contributed by atoms with E-state index in [0.29, 0.717) is 6.17 Å². The molecule has 1 fully saturated rings. The summed E-state index contributed by atoms with van der Waals surface area (Å²) in [6, 6.07) is 0. The van der Waals surface area contributed by atoms with Crippen LogP contribution in [0.4, 0.5) is 0 Å². The summed E-state index contributed by atoms with van der Waals surface area (Å²) in [4.78, 5) is 2.32. The molecule has 0 aromatic heterocycles. The van der Waals surface area contributed by atoms with Gasteiger partial charge in [-0.25, -0.2) is 0 Å². The van der Waals surface area contributed by atoms with E-state index < -0.39 is 0 Å². The van der Waals surface area contributed by atoms with Gasteiger partial charge in [-0.05, 0) is 39.1 Å². The fraction of sp³-hybridized carbons (Fsp3) is 0.714. The first-order chi connectivity index (χ1) is 8.77. The lowest BCUT2D eigenvalue weighted by molar-refractivity contribution is 0.317. The number of nitrogens with one attached hydrogen (secondary N) is 3. The lowest BCUT2D eigenvalue weighted by Crippen LogP contribution is -2.41. The third-order valence-electron chi connectivity index (χ3n) is 3.42. The van der Waals surface area contributed by atoms with Gasteiger partial charge in [0.05, 0.1) is 12.0 Å². The minimum Gasteiger partial charge on any atom is -0.359 e. The van der Waals surface area contributed by atoms with E-state index in [2.05, 4.69) is 34.0 Å². The van der Waals surface area contributed by atoms with E-state index in [4.69, 9.17) is 0 Å². The average molecular weight is 252 g/mol. The van der Waals surface area contributed by atoms with E-state index in [9.17, 15) is 0 Å². The summed E-state index contributed by atoms with van der Waals surface area (Å²) < 4.78 is 0. The molecule has 1 atom stereocenters. The SMILES string of the molecule is C=CNC(=C)N1CCCCCC(NC)NCCC1. The highest BCUT2D eigenvalue weighted by Crippen LogP contribution is 2.08. The molecule has 1 rings (SSSR count). The van der Waals surface area contributed by atoms with Crippen molar-refractivity contribution >= 4 is 0 Å². The second-order valence-electron chi connectivity index (χ2n) is 4.78. The zero-order valence-corrected chi connectivity index (χ0v) is 11.7. The molecule has 1 aliphatic rings. The van der Waals surface area contributed by atoms with Crippen molar-refractivity contribution in [3.05, 3.63) is 25.2 Å². The molecule has 4 heteroatoms. The highest BCUT2D eigenvalue weighted by Gasteiger charge is 2.10. The first-order valence-corrected chi connectivity index (χ1v) is 7.00. The molecular weight excluding hydrogens is 224 g/mol. The summed E-state index contributed by atoms with van der Waals surface area (Å²) in [6.07, 6.45) is 8.28. The Balaban J connectivity index is 2.43. The Kier molecular flexibility index (Phi) is 7.53. The van der Waals surface area contributed by atoms with Crippen molar-refractivity contribution in [3.8, 4) is 0 Å². The maximum Gasteiger partial charge on any atom is 0.0978 e. The zero-order chi connectivity index (χ0) is 13.2. The molecule has 0 bridgehead atoms. The van der Waals surface area contributed by atoms with Gasteiger partial charge in [-0.15, -0.1) is 0 Å². The molecule has 104 valence electrons. The topological polar surface area (TPSA) is 39.3 Å². The van der Waals surface area contributed by atoms with Crippen LogP contribution in [0.2, 0.25) is 0 Å². The van der Waals surface area contributed by atoms with Crippen molar-refractivity contribution in [2.75, 3.05) is 26.7 Å². The minimum absolute atomic E-state index is 0.464. The fourth-order valence-electron chi connectivity index (χ4n) is 2.31. The molecule has 0 aromatic carbocycles. The number of hydrogen-bond acceptors (Lipinski definition) is 4. The first kappa shape index (κ1) is 15.1. The Morgan fingerprint density at radius 2 is 2.06 bits per heavy atom. The summed E-state index contributed by atoms with van der Waals surface area (Å²) in [5.74, 6) is 0.967. The van der Waals surface area contributed by atoms with Gasteiger partial charge in [0, 0.05) is 13.1 Å². The second kappa shape index (κ2) is 9.00. The Hall–Kier alpha value is -1.00. The maximum absolute atomic E-state index is 4.06. The molecule has 1 unspecified atom stereocenters. The van der Waals surface area contributed by atoms with E-state index in [1.54, 1.807) is 6.20 Å². The lowest BCUT2D eigenvalue weighted by Gasteiger charge is -2.26. The van der Waals surface area contributed by atoms with Crippen molar-refractivity contribution in [2.45, 2.75) is 38.3 Å². The largest absolute Gasteiger partial charge is 0.359 e.